The Bertz CT molecular complexity index is 495. The fraction of sp³-hybridized carbons (Fsp3) is 0.125. The minimum Gasteiger partial charge on any atom is -0.508 e. The fourth-order valence-corrected chi connectivity index (χ4v) is 1.81. The molecule has 0 atom stereocenters. The van der Waals surface area contributed by atoms with Crippen molar-refractivity contribution in [2.24, 2.45) is 0 Å². The zero-order chi connectivity index (χ0) is 12.1. The number of hydrogen-bond acceptors (Lipinski definition) is 1. The topological polar surface area (TPSA) is 20.2 Å². The lowest BCUT2D eigenvalue weighted by Gasteiger charge is -2.05. The van der Waals surface area contributed by atoms with E-state index in [1.807, 2.05) is 18.2 Å². The first-order valence-corrected chi connectivity index (χ1v) is 5.84. The van der Waals surface area contributed by atoms with E-state index in [1.165, 1.54) is 11.1 Å². The van der Waals surface area contributed by atoms with Crippen molar-refractivity contribution in [3.05, 3.63) is 65.7 Å². The van der Waals surface area contributed by atoms with Crippen LogP contribution in [0.15, 0.2) is 54.6 Å². The van der Waals surface area contributed by atoms with E-state index in [0.29, 0.717) is 5.75 Å². The van der Waals surface area contributed by atoms with Crippen molar-refractivity contribution in [3.8, 4) is 5.75 Å². The van der Waals surface area contributed by atoms with Crippen LogP contribution < -0.4 is 0 Å². The Morgan fingerprint density at radius 1 is 1.00 bits per heavy atom. The molecule has 0 aliphatic heterocycles. The van der Waals surface area contributed by atoms with Crippen LogP contribution >= 0.6 is 0 Å². The molecule has 0 radical (unpaired) electrons. The molecule has 0 heterocycles. The Balaban J connectivity index is 2.33. The van der Waals surface area contributed by atoms with E-state index in [2.05, 4.69) is 37.3 Å². The highest BCUT2D eigenvalue weighted by Crippen LogP contribution is 2.22. The first-order valence-electron chi connectivity index (χ1n) is 5.84. The van der Waals surface area contributed by atoms with Gasteiger partial charge in [-0.3, -0.25) is 0 Å². The second-order valence-corrected chi connectivity index (χ2v) is 3.98. The van der Waals surface area contributed by atoms with Gasteiger partial charge in [-0.1, -0.05) is 55.5 Å². The van der Waals surface area contributed by atoms with Crippen LogP contribution in [0.5, 0.6) is 5.75 Å². The zero-order valence-electron chi connectivity index (χ0n) is 9.93. The fourth-order valence-electron chi connectivity index (χ4n) is 1.81. The van der Waals surface area contributed by atoms with Crippen LogP contribution in [0.4, 0.5) is 0 Å². The van der Waals surface area contributed by atoms with E-state index in [1.54, 1.807) is 12.1 Å². The van der Waals surface area contributed by atoms with Crippen molar-refractivity contribution in [2.45, 2.75) is 13.3 Å². The summed E-state index contributed by atoms with van der Waals surface area (Å²) < 4.78 is 0. The molecule has 0 aromatic heterocycles. The van der Waals surface area contributed by atoms with Gasteiger partial charge < -0.3 is 5.11 Å². The van der Waals surface area contributed by atoms with Crippen LogP contribution in [0.1, 0.15) is 24.5 Å². The van der Waals surface area contributed by atoms with Crippen molar-refractivity contribution in [2.75, 3.05) is 0 Å². The number of phenolic OH excluding ortho intramolecular Hbond substituents is 1. The van der Waals surface area contributed by atoms with Gasteiger partial charge in [-0.25, -0.2) is 0 Å². The Morgan fingerprint density at radius 2 is 1.65 bits per heavy atom. The summed E-state index contributed by atoms with van der Waals surface area (Å²) in [5, 5.41) is 9.24. The molecular weight excluding hydrogens is 208 g/mol. The van der Waals surface area contributed by atoms with Crippen LogP contribution in [-0.2, 0) is 0 Å². The molecule has 2 aromatic carbocycles. The predicted octanol–water partition coefficient (Wildman–Crippen LogP) is 4.34. The maximum absolute atomic E-state index is 9.24. The highest BCUT2D eigenvalue weighted by atomic mass is 16.3. The molecule has 0 spiro atoms. The minimum absolute atomic E-state index is 0.305. The third-order valence-corrected chi connectivity index (χ3v) is 2.76. The summed E-state index contributed by atoms with van der Waals surface area (Å²) in [7, 11) is 0. The molecule has 1 N–H and O–H groups in total. The molecule has 86 valence electrons. The lowest BCUT2D eigenvalue weighted by atomic mass is 10.0. The number of aromatic hydroxyl groups is 1. The number of hydrogen-bond donors (Lipinski definition) is 1. The number of allylic oxidation sites excluding steroid dienone is 1. The molecule has 2 aromatic rings. The Hall–Kier alpha value is -2.02. The maximum atomic E-state index is 9.24. The van der Waals surface area contributed by atoms with Crippen LogP contribution in [0.25, 0.3) is 11.6 Å². The molecule has 0 fully saturated rings. The SMILES string of the molecule is CCC(=Cc1ccc(O)cc1)c1ccccc1. The van der Waals surface area contributed by atoms with Gasteiger partial charge in [0.15, 0.2) is 0 Å². The normalized spacial score (nSPS) is 11.5. The lowest BCUT2D eigenvalue weighted by Crippen LogP contribution is -1.82. The lowest BCUT2D eigenvalue weighted by molar-refractivity contribution is 0.475. The highest BCUT2D eigenvalue weighted by Gasteiger charge is 1.98. The van der Waals surface area contributed by atoms with E-state index in [-0.39, 0.29) is 0 Å². The monoisotopic (exact) mass is 224 g/mol. The van der Waals surface area contributed by atoms with E-state index in [9.17, 15) is 5.11 Å². The minimum atomic E-state index is 0.305. The summed E-state index contributed by atoms with van der Waals surface area (Å²) in [5.74, 6) is 0.305. The van der Waals surface area contributed by atoms with Crippen molar-refractivity contribution < 1.29 is 5.11 Å². The molecule has 0 saturated heterocycles. The number of rotatable bonds is 3. The van der Waals surface area contributed by atoms with Crippen LogP contribution in [0.2, 0.25) is 0 Å². The van der Waals surface area contributed by atoms with Gasteiger partial charge in [0, 0.05) is 0 Å². The summed E-state index contributed by atoms with van der Waals surface area (Å²) >= 11 is 0. The van der Waals surface area contributed by atoms with Crippen molar-refractivity contribution in [1.29, 1.82) is 0 Å². The van der Waals surface area contributed by atoms with Crippen molar-refractivity contribution in [1.82, 2.24) is 0 Å². The third-order valence-electron chi connectivity index (χ3n) is 2.76. The van der Waals surface area contributed by atoms with E-state index >= 15 is 0 Å². The summed E-state index contributed by atoms with van der Waals surface area (Å²) in [5.41, 5.74) is 3.67. The molecule has 0 bridgehead atoms. The summed E-state index contributed by atoms with van der Waals surface area (Å²) in [6, 6.07) is 17.6. The maximum Gasteiger partial charge on any atom is 0.115 e. The predicted molar refractivity (Wildman–Crippen MR) is 72.7 cm³/mol. The van der Waals surface area contributed by atoms with E-state index in [4.69, 9.17) is 0 Å². The highest BCUT2D eigenvalue weighted by molar-refractivity contribution is 5.81. The van der Waals surface area contributed by atoms with Crippen molar-refractivity contribution >= 4 is 11.6 Å². The first kappa shape index (κ1) is 11.5. The van der Waals surface area contributed by atoms with Gasteiger partial charge in [0.2, 0.25) is 0 Å². The Morgan fingerprint density at radius 3 is 2.24 bits per heavy atom. The summed E-state index contributed by atoms with van der Waals surface area (Å²) in [6.45, 7) is 2.15. The van der Waals surface area contributed by atoms with Crippen molar-refractivity contribution in [3.63, 3.8) is 0 Å². The second-order valence-electron chi connectivity index (χ2n) is 3.98. The summed E-state index contributed by atoms with van der Waals surface area (Å²) in [6.07, 6.45) is 3.15. The van der Waals surface area contributed by atoms with Gasteiger partial charge in [0.05, 0.1) is 0 Å². The van der Waals surface area contributed by atoms with Crippen LogP contribution in [0.3, 0.4) is 0 Å². The summed E-state index contributed by atoms with van der Waals surface area (Å²) in [4.78, 5) is 0. The van der Waals surface area contributed by atoms with Crippen LogP contribution in [0, 0.1) is 0 Å². The standard InChI is InChI=1S/C16H16O/c1-2-14(15-6-4-3-5-7-15)12-13-8-10-16(17)11-9-13/h3-12,17H,2H2,1H3. The molecule has 0 unspecified atom stereocenters. The molecule has 0 aliphatic rings. The molecule has 2 rings (SSSR count). The van der Waals surface area contributed by atoms with Gasteiger partial charge in [0.1, 0.15) is 5.75 Å². The Labute approximate surface area is 102 Å². The van der Waals surface area contributed by atoms with Gasteiger partial charge in [-0.05, 0) is 35.3 Å². The quantitative estimate of drug-likeness (QED) is 0.769. The molecule has 0 saturated carbocycles. The van der Waals surface area contributed by atoms with E-state index < -0.39 is 0 Å². The smallest absolute Gasteiger partial charge is 0.115 e. The van der Waals surface area contributed by atoms with Crippen LogP contribution in [-0.4, -0.2) is 5.11 Å². The first-order chi connectivity index (χ1) is 8.29. The number of phenols is 1. The Kier molecular flexibility index (Phi) is 3.61. The molecular formula is C16H16O. The second kappa shape index (κ2) is 5.35. The molecule has 0 amide bonds. The molecule has 1 nitrogen and oxygen atoms in total. The van der Waals surface area contributed by atoms with Gasteiger partial charge in [-0.15, -0.1) is 0 Å². The van der Waals surface area contributed by atoms with E-state index in [0.717, 1.165) is 12.0 Å². The third kappa shape index (κ3) is 2.97. The molecule has 1 heteroatoms. The largest absolute Gasteiger partial charge is 0.508 e. The van der Waals surface area contributed by atoms with Gasteiger partial charge in [-0.2, -0.15) is 0 Å². The average Bonchev–Trinajstić information content (AvgIpc) is 2.39. The van der Waals surface area contributed by atoms with Gasteiger partial charge in [0.25, 0.3) is 0 Å². The molecule has 17 heavy (non-hydrogen) atoms. The number of benzene rings is 2. The zero-order valence-corrected chi connectivity index (χ0v) is 9.93. The molecule has 0 aliphatic carbocycles. The van der Waals surface area contributed by atoms with Gasteiger partial charge >= 0.3 is 0 Å². The average molecular weight is 224 g/mol.